The maximum atomic E-state index is 10.9. The number of aromatic carboxylic acids is 1. The van der Waals surface area contributed by atoms with Crippen LogP contribution in [-0.4, -0.2) is 27.6 Å². The molecule has 0 radical (unpaired) electrons. The highest BCUT2D eigenvalue weighted by molar-refractivity contribution is 7.17. The number of thiazole rings is 1. The van der Waals surface area contributed by atoms with Gasteiger partial charge in [-0.2, -0.15) is 0 Å². The minimum absolute atomic E-state index is 0.287. The first-order valence-electron chi connectivity index (χ1n) is 5.51. The van der Waals surface area contributed by atoms with Crippen molar-refractivity contribution in [2.24, 2.45) is 0 Å². The van der Waals surface area contributed by atoms with Crippen LogP contribution in [0.1, 0.15) is 21.1 Å². The van der Waals surface area contributed by atoms with E-state index in [9.17, 15) is 4.79 Å². The van der Waals surface area contributed by atoms with Crippen LogP contribution in [0.4, 0.5) is 5.13 Å². The minimum atomic E-state index is -0.928. The zero-order chi connectivity index (χ0) is 13.0. The number of hydrogen-bond acceptors (Lipinski definition) is 5. The standard InChI is InChI=1S/C12H13N3O2S/c1-8-10(11(16)17)18-12(15-8)14-7-5-9-4-2-3-6-13-9/h2-4,6H,5,7H2,1H3,(H,14,15)(H,16,17). The number of anilines is 1. The van der Waals surface area contributed by atoms with Gasteiger partial charge in [-0.05, 0) is 19.1 Å². The van der Waals surface area contributed by atoms with E-state index in [4.69, 9.17) is 5.11 Å². The fourth-order valence-corrected chi connectivity index (χ4v) is 2.34. The predicted octanol–water partition coefficient (Wildman–Crippen LogP) is 2.20. The second kappa shape index (κ2) is 5.59. The molecule has 94 valence electrons. The van der Waals surface area contributed by atoms with Crippen molar-refractivity contribution in [3.63, 3.8) is 0 Å². The van der Waals surface area contributed by atoms with Gasteiger partial charge in [-0.1, -0.05) is 17.4 Å². The van der Waals surface area contributed by atoms with E-state index in [-0.39, 0.29) is 4.88 Å². The Morgan fingerprint density at radius 2 is 2.33 bits per heavy atom. The molecule has 2 aromatic rings. The number of aromatic nitrogens is 2. The number of pyridine rings is 1. The van der Waals surface area contributed by atoms with E-state index in [0.29, 0.717) is 17.4 Å². The minimum Gasteiger partial charge on any atom is -0.477 e. The van der Waals surface area contributed by atoms with Crippen LogP contribution in [-0.2, 0) is 6.42 Å². The molecule has 0 aliphatic carbocycles. The van der Waals surface area contributed by atoms with Crippen LogP contribution in [0.25, 0.3) is 0 Å². The van der Waals surface area contributed by atoms with Crippen LogP contribution in [0.2, 0.25) is 0 Å². The summed E-state index contributed by atoms with van der Waals surface area (Å²) in [5, 5.41) is 12.7. The summed E-state index contributed by atoms with van der Waals surface area (Å²) in [5.41, 5.74) is 1.55. The smallest absolute Gasteiger partial charge is 0.347 e. The monoisotopic (exact) mass is 263 g/mol. The van der Waals surface area contributed by atoms with Crippen molar-refractivity contribution in [3.05, 3.63) is 40.7 Å². The SMILES string of the molecule is Cc1nc(NCCc2ccccn2)sc1C(=O)O. The second-order valence-corrected chi connectivity index (χ2v) is 4.74. The number of carbonyl (C=O) groups is 1. The molecule has 5 nitrogen and oxygen atoms in total. The molecular formula is C12H13N3O2S. The molecule has 2 rings (SSSR count). The highest BCUT2D eigenvalue weighted by Crippen LogP contribution is 2.22. The normalized spacial score (nSPS) is 10.3. The predicted molar refractivity (Wildman–Crippen MR) is 70.2 cm³/mol. The third kappa shape index (κ3) is 3.04. The lowest BCUT2D eigenvalue weighted by atomic mass is 10.3. The lowest BCUT2D eigenvalue weighted by molar-refractivity contribution is 0.0701. The summed E-state index contributed by atoms with van der Waals surface area (Å²) in [6.45, 7) is 2.38. The molecule has 18 heavy (non-hydrogen) atoms. The number of nitrogens with zero attached hydrogens (tertiary/aromatic N) is 2. The Kier molecular flexibility index (Phi) is 3.88. The van der Waals surface area contributed by atoms with Crippen molar-refractivity contribution in [2.45, 2.75) is 13.3 Å². The number of nitrogens with one attached hydrogen (secondary N) is 1. The molecule has 0 saturated heterocycles. The van der Waals surface area contributed by atoms with E-state index in [2.05, 4.69) is 15.3 Å². The van der Waals surface area contributed by atoms with Gasteiger partial charge in [0.05, 0.1) is 5.69 Å². The Hall–Kier alpha value is -1.95. The van der Waals surface area contributed by atoms with Crippen LogP contribution >= 0.6 is 11.3 Å². The van der Waals surface area contributed by atoms with E-state index in [1.165, 1.54) is 0 Å². The van der Waals surface area contributed by atoms with Crippen molar-refractivity contribution in [2.75, 3.05) is 11.9 Å². The first kappa shape index (κ1) is 12.5. The molecular weight excluding hydrogens is 250 g/mol. The van der Waals surface area contributed by atoms with Gasteiger partial charge in [0.25, 0.3) is 0 Å². The Labute approximate surface area is 109 Å². The number of aryl methyl sites for hydroxylation is 1. The third-order valence-corrected chi connectivity index (χ3v) is 3.48. The Morgan fingerprint density at radius 1 is 1.50 bits per heavy atom. The summed E-state index contributed by atoms with van der Waals surface area (Å²) in [5.74, 6) is -0.928. The van der Waals surface area contributed by atoms with Gasteiger partial charge in [-0.3, -0.25) is 4.98 Å². The summed E-state index contributed by atoms with van der Waals surface area (Å²) in [6, 6.07) is 5.77. The lowest BCUT2D eigenvalue weighted by Crippen LogP contribution is -2.05. The summed E-state index contributed by atoms with van der Waals surface area (Å²) >= 11 is 1.16. The maximum Gasteiger partial charge on any atom is 0.347 e. The molecule has 0 spiro atoms. The van der Waals surface area contributed by atoms with Crippen molar-refractivity contribution in [1.29, 1.82) is 0 Å². The van der Waals surface area contributed by atoms with E-state index < -0.39 is 5.97 Å². The van der Waals surface area contributed by atoms with Gasteiger partial charge in [0.2, 0.25) is 0 Å². The van der Waals surface area contributed by atoms with E-state index in [1.54, 1.807) is 13.1 Å². The molecule has 0 amide bonds. The lowest BCUT2D eigenvalue weighted by Gasteiger charge is -2.01. The fourth-order valence-electron chi connectivity index (χ4n) is 1.51. The van der Waals surface area contributed by atoms with Gasteiger partial charge < -0.3 is 10.4 Å². The first-order valence-corrected chi connectivity index (χ1v) is 6.33. The molecule has 0 aliphatic heterocycles. The number of carboxylic acids is 1. The summed E-state index contributed by atoms with van der Waals surface area (Å²) < 4.78 is 0. The van der Waals surface area contributed by atoms with E-state index in [1.807, 2.05) is 18.2 Å². The summed E-state index contributed by atoms with van der Waals surface area (Å²) in [6.07, 6.45) is 2.53. The summed E-state index contributed by atoms with van der Waals surface area (Å²) in [4.78, 5) is 19.5. The van der Waals surface area contributed by atoms with Crippen LogP contribution in [0, 0.1) is 6.92 Å². The highest BCUT2D eigenvalue weighted by atomic mass is 32.1. The number of carboxylic acid groups (broad SMARTS) is 1. The fraction of sp³-hybridized carbons (Fsp3) is 0.250. The molecule has 2 heterocycles. The van der Waals surface area contributed by atoms with Crippen molar-refractivity contribution >= 4 is 22.4 Å². The quantitative estimate of drug-likeness (QED) is 0.865. The molecule has 0 atom stereocenters. The van der Waals surface area contributed by atoms with Gasteiger partial charge in [-0.15, -0.1) is 0 Å². The van der Waals surface area contributed by atoms with Gasteiger partial charge in [-0.25, -0.2) is 9.78 Å². The molecule has 0 bridgehead atoms. The van der Waals surface area contributed by atoms with Gasteiger partial charge in [0.15, 0.2) is 5.13 Å². The van der Waals surface area contributed by atoms with Crippen molar-refractivity contribution < 1.29 is 9.90 Å². The molecule has 0 aromatic carbocycles. The van der Waals surface area contributed by atoms with E-state index >= 15 is 0 Å². The molecule has 0 fully saturated rings. The second-order valence-electron chi connectivity index (χ2n) is 3.74. The van der Waals surface area contributed by atoms with Crippen LogP contribution in [0.3, 0.4) is 0 Å². The number of rotatable bonds is 5. The van der Waals surface area contributed by atoms with E-state index in [0.717, 1.165) is 23.5 Å². The zero-order valence-corrected chi connectivity index (χ0v) is 10.7. The zero-order valence-electron chi connectivity index (χ0n) is 9.88. The highest BCUT2D eigenvalue weighted by Gasteiger charge is 2.13. The molecule has 2 aromatic heterocycles. The van der Waals surface area contributed by atoms with Crippen LogP contribution in [0.5, 0.6) is 0 Å². The maximum absolute atomic E-state index is 10.9. The van der Waals surface area contributed by atoms with Crippen LogP contribution in [0.15, 0.2) is 24.4 Å². The Balaban J connectivity index is 1.91. The average molecular weight is 263 g/mol. The molecule has 6 heteroatoms. The molecule has 0 saturated carbocycles. The number of hydrogen-bond donors (Lipinski definition) is 2. The van der Waals surface area contributed by atoms with Gasteiger partial charge in [0.1, 0.15) is 4.88 Å². The van der Waals surface area contributed by atoms with Crippen molar-refractivity contribution in [1.82, 2.24) is 9.97 Å². The summed E-state index contributed by atoms with van der Waals surface area (Å²) in [7, 11) is 0. The largest absolute Gasteiger partial charge is 0.477 e. The first-order chi connectivity index (χ1) is 8.66. The molecule has 0 aliphatic rings. The Morgan fingerprint density at radius 3 is 2.94 bits per heavy atom. The topological polar surface area (TPSA) is 75.1 Å². The van der Waals surface area contributed by atoms with Gasteiger partial charge in [0, 0.05) is 24.9 Å². The third-order valence-electron chi connectivity index (χ3n) is 2.37. The molecule has 0 unspecified atom stereocenters. The average Bonchev–Trinajstić information content (AvgIpc) is 2.72. The van der Waals surface area contributed by atoms with Crippen molar-refractivity contribution in [3.8, 4) is 0 Å². The molecule has 2 N–H and O–H groups in total. The van der Waals surface area contributed by atoms with Gasteiger partial charge >= 0.3 is 5.97 Å². The van der Waals surface area contributed by atoms with Crippen LogP contribution < -0.4 is 5.32 Å². The Bertz CT molecular complexity index is 540.